The SMILES string of the molecule is CCC(=O)Nc1ncc(CN2CCOCC2)s1. The Kier molecular flexibility index (Phi) is 4.47. The molecule has 1 aliphatic heterocycles. The Labute approximate surface area is 105 Å². The number of nitrogens with zero attached hydrogens (tertiary/aromatic N) is 2. The summed E-state index contributed by atoms with van der Waals surface area (Å²) in [6.07, 6.45) is 2.32. The molecule has 0 atom stereocenters. The van der Waals surface area contributed by atoms with Gasteiger partial charge in [0, 0.05) is 37.1 Å². The first-order valence-electron chi connectivity index (χ1n) is 5.82. The van der Waals surface area contributed by atoms with Crippen molar-refractivity contribution in [1.82, 2.24) is 9.88 Å². The molecule has 6 heteroatoms. The second kappa shape index (κ2) is 6.09. The molecule has 0 aliphatic carbocycles. The molecule has 1 fully saturated rings. The van der Waals surface area contributed by atoms with Crippen LogP contribution in [-0.4, -0.2) is 42.1 Å². The number of anilines is 1. The number of nitrogens with one attached hydrogen (secondary N) is 1. The maximum absolute atomic E-state index is 11.2. The van der Waals surface area contributed by atoms with Crippen LogP contribution in [0.4, 0.5) is 5.13 Å². The van der Waals surface area contributed by atoms with Gasteiger partial charge >= 0.3 is 0 Å². The van der Waals surface area contributed by atoms with Gasteiger partial charge in [0.05, 0.1) is 13.2 Å². The lowest BCUT2D eigenvalue weighted by atomic mass is 10.4. The minimum Gasteiger partial charge on any atom is -0.379 e. The van der Waals surface area contributed by atoms with Gasteiger partial charge in [-0.3, -0.25) is 9.69 Å². The standard InChI is InChI=1S/C11H17N3O2S/c1-2-10(15)13-11-12-7-9(17-11)8-14-3-5-16-6-4-14/h7H,2-6,8H2,1H3,(H,12,13,15). The predicted octanol–water partition coefficient (Wildman–Crippen LogP) is 1.32. The zero-order valence-electron chi connectivity index (χ0n) is 9.94. The van der Waals surface area contributed by atoms with Crippen LogP contribution in [0.15, 0.2) is 6.20 Å². The van der Waals surface area contributed by atoms with E-state index in [0.29, 0.717) is 11.6 Å². The van der Waals surface area contributed by atoms with Crippen molar-refractivity contribution >= 4 is 22.4 Å². The lowest BCUT2D eigenvalue weighted by Gasteiger charge is -2.25. The second-order valence-corrected chi connectivity index (χ2v) is 5.04. The number of aromatic nitrogens is 1. The third kappa shape index (κ3) is 3.76. The number of ether oxygens (including phenoxy) is 1. The highest BCUT2D eigenvalue weighted by molar-refractivity contribution is 7.15. The van der Waals surface area contributed by atoms with Crippen molar-refractivity contribution in [3.63, 3.8) is 0 Å². The molecule has 94 valence electrons. The summed E-state index contributed by atoms with van der Waals surface area (Å²) < 4.78 is 5.30. The largest absolute Gasteiger partial charge is 0.379 e. The van der Waals surface area contributed by atoms with E-state index in [1.165, 1.54) is 4.88 Å². The van der Waals surface area contributed by atoms with E-state index in [4.69, 9.17) is 4.74 Å². The van der Waals surface area contributed by atoms with Gasteiger partial charge in [-0.15, -0.1) is 11.3 Å². The highest BCUT2D eigenvalue weighted by Crippen LogP contribution is 2.20. The fourth-order valence-corrected chi connectivity index (χ4v) is 2.50. The molecular formula is C11H17N3O2S. The number of carbonyl (C=O) groups excluding carboxylic acids is 1. The van der Waals surface area contributed by atoms with E-state index in [-0.39, 0.29) is 5.91 Å². The molecule has 1 aromatic rings. The number of carbonyl (C=O) groups is 1. The van der Waals surface area contributed by atoms with E-state index in [9.17, 15) is 4.79 Å². The quantitative estimate of drug-likeness (QED) is 0.881. The molecule has 0 unspecified atom stereocenters. The molecule has 0 aromatic carbocycles. The maximum atomic E-state index is 11.2. The maximum Gasteiger partial charge on any atom is 0.225 e. The van der Waals surface area contributed by atoms with E-state index in [1.54, 1.807) is 11.3 Å². The fourth-order valence-electron chi connectivity index (χ4n) is 1.63. The molecular weight excluding hydrogens is 238 g/mol. The Morgan fingerprint density at radius 1 is 1.59 bits per heavy atom. The average molecular weight is 255 g/mol. The van der Waals surface area contributed by atoms with E-state index in [1.807, 2.05) is 13.1 Å². The molecule has 1 N–H and O–H groups in total. The van der Waals surface area contributed by atoms with Crippen LogP contribution in [0.25, 0.3) is 0 Å². The second-order valence-electron chi connectivity index (χ2n) is 3.92. The third-order valence-corrected chi connectivity index (χ3v) is 3.50. The number of rotatable bonds is 4. The highest BCUT2D eigenvalue weighted by Gasteiger charge is 2.12. The third-order valence-electron chi connectivity index (χ3n) is 2.60. The molecule has 1 amide bonds. The first-order valence-corrected chi connectivity index (χ1v) is 6.64. The molecule has 17 heavy (non-hydrogen) atoms. The van der Waals surface area contributed by atoms with Gasteiger partial charge in [0.2, 0.25) is 5.91 Å². The van der Waals surface area contributed by atoms with Crippen molar-refractivity contribution in [2.24, 2.45) is 0 Å². The molecule has 1 aliphatic rings. The number of amides is 1. The number of hydrogen-bond acceptors (Lipinski definition) is 5. The topological polar surface area (TPSA) is 54.5 Å². The summed E-state index contributed by atoms with van der Waals surface area (Å²) in [6, 6.07) is 0. The number of hydrogen-bond donors (Lipinski definition) is 1. The molecule has 0 bridgehead atoms. The zero-order valence-corrected chi connectivity index (χ0v) is 10.8. The first-order chi connectivity index (χ1) is 8.28. The van der Waals surface area contributed by atoms with Gasteiger partial charge in [-0.1, -0.05) is 6.92 Å². The van der Waals surface area contributed by atoms with Crippen molar-refractivity contribution < 1.29 is 9.53 Å². The Morgan fingerprint density at radius 3 is 3.06 bits per heavy atom. The van der Waals surface area contributed by atoms with Gasteiger partial charge < -0.3 is 10.1 Å². The lowest BCUT2D eigenvalue weighted by molar-refractivity contribution is -0.115. The molecule has 1 saturated heterocycles. The molecule has 1 aromatic heterocycles. The van der Waals surface area contributed by atoms with Crippen LogP contribution in [0.5, 0.6) is 0 Å². The van der Waals surface area contributed by atoms with Crippen molar-refractivity contribution in [2.75, 3.05) is 31.6 Å². The summed E-state index contributed by atoms with van der Waals surface area (Å²) in [5.74, 6) is 0.0114. The van der Waals surface area contributed by atoms with Crippen molar-refractivity contribution in [2.45, 2.75) is 19.9 Å². The van der Waals surface area contributed by atoms with Gasteiger partial charge in [-0.2, -0.15) is 0 Å². The summed E-state index contributed by atoms with van der Waals surface area (Å²) in [5, 5.41) is 3.47. The average Bonchev–Trinajstić information content (AvgIpc) is 2.77. The van der Waals surface area contributed by atoms with E-state index in [0.717, 1.165) is 32.8 Å². The van der Waals surface area contributed by atoms with Gasteiger partial charge in [-0.25, -0.2) is 4.98 Å². The number of morpholine rings is 1. The van der Waals surface area contributed by atoms with Crippen LogP contribution >= 0.6 is 11.3 Å². The van der Waals surface area contributed by atoms with E-state index >= 15 is 0 Å². The van der Waals surface area contributed by atoms with Crippen LogP contribution in [0.1, 0.15) is 18.2 Å². The van der Waals surface area contributed by atoms with Gasteiger partial charge in [0.15, 0.2) is 5.13 Å². The smallest absolute Gasteiger partial charge is 0.225 e. The predicted molar refractivity (Wildman–Crippen MR) is 67.1 cm³/mol. The number of thiazole rings is 1. The zero-order chi connectivity index (χ0) is 12.1. The first kappa shape index (κ1) is 12.5. The van der Waals surface area contributed by atoms with Crippen molar-refractivity contribution in [3.8, 4) is 0 Å². The Hall–Kier alpha value is -0.980. The van der Waals surface area contributed by atoms with Crippen molar-refractivity contribution in [3.05, 3.63) is 11.1 Å². The van der Waals surface area contributed by atoms with Crippen LogP contribution in [-0.2, 0) is 16.1 Å². The van der Waals surface area contributed by atoms with Crippen molar-refractivity contribution in [1.29, 1.82) is 0 Å². The molecule has 2 rings (SSSR count). The van der Waals surface area contributed by atoms with Gasteiger partial charge in [0.25, 0.3) is 0 Å². The Bertz CT molecular complexity index is 375. The minimum absolute atomic E-state index is 0.0114. The lowest BCUT2D eigenvalue weighted by Crippen LogP contribution is -2.35. The highest BCUT2D eigenvalue weighted by atomic mass is 32.1. The van der Waals surface area contributed by atoms with Crippen LogP contribution < -0.4 is 5.32 Å². The summed E-state index contributed by atoms with van der Waals surface area (Å²) in [7, 11) is 0. The minimum atomic E-state index is 0.0114. The molecule has 5 nitrogen and oxygen atoms in total. The Balaban J connectivity index is 1.86. The monoisotopic (exact) mass is 255 g/mol. The Morgan fingerprint density at radius 2 is 2.35 bits per heavy atom. The normalized spacial score (nSPS) is 17.0. The van der Waals surface area contributed by atoms with Crippen LogP contribution in [0.3, 0.4) is 0 Å². The van der Waals surface area contributed by atoms with Gasteiger partial charge in [-0.05, 0) is 0 Å². The van der Waals surface area contributed by atoms with Gasteiger partial charge in [0.1, 0.15) is 0 Å². The molecule has 2 heterocycles. The van der Waals surface area contributed by atoms with E-state index in [2.05, 4.69) is 15.2 Å². The summed E-state index contributed by atoms with van der Waals surface area (Å²) >= 11 is 1.54. The summed E-state index contributed by atoms with van der Waals surface area (Å²) in [6.45, 7) is 6.26. The van der Waals surface area contributed by atoms with Crippen LogP contribution in [0, 0.1) is 0 Å². The fraction of sp³-hybridized carbons (Fsp3) is 0.636. The van der Waals surface area contributed by atoms with Crippen LogP contribution in [0.2, 0.25) is 0 Å². The molecule has 0 radical (unpaired) electrons. The summed E-state index contributed by atoms with van der Waals surface area (Å²) in [4.78, 5) is 18.9. The molecule has 0 spiro atoms. The summed E-state index contributed by atoms with van der Waals surface area (Å²) in [5.41, 5.74) is 0. The van der Waals surface area contributed by atoms with E-state index < -0.39 is 0 Å². The molecule has 0 saturated carbocycles.